The zero-order valence-electron chi connectivity index (χ0n) is 13.0. The number of benzene rings is 1. The molecule has 23 heavy (non-hydrogen) atoms. The Kier molecular flexibility index (Phi) is 4.36. The van der Waals surface area contributed by atoms with Crippen LogP contribution in [-0.4, -0.2) is 35.1 Å². The molecule has 0 atom stereocenters. The molecule has 0 bridgehead atoms. The van der Waals surface area contributed by atoms with E-state index in [1.54, 1.807) is 11.5 Å². The van der Waals surface area contributed by atoms with Crippen LogP contribution in [0.3, 0.4) is 0 Å². The van der Waals surface area contributed by atoms with Crippen molar-refractivity contribution in [2.45, 2.75) is 32.4 Å². The van der Waals surface area contributed by atoms with Crippen molar-refractivity contribution in [2.24, 2.45) is 0 Å². The van der Waals surface area contributed by atoms with Gasteiger partial charge in [0.25, 0.3) is 0 Å². The van der Waals surface area contributed by atoms with Gasteiger partial charge in [0.1, 0.15) is 0 Å². The second kappa shape index (κ2) is 6.29. The van der Waals surface area contributed by atoms with E-state index in [-0.39, 0.29) is 30.6 Å². The Morgan fingerprint density at radius 2 is 1.96 bits per heavy atom. The smallest absolute Gasteiger partial charge is 0.272 e. The maximum atomic E-state index is 12.6. The molecule has 0 spiro atoms. The summed E-state index contributed by atoms with van der Waals surface area (Å²) in [6, 6.07) is 9.78. The second-order valence-electron chi connectivity index (χ2n) is 5.59. The van der Waals surface area contributed by atoms with Crippen LogP contribution in [-0.2, 0) is 16.6 Å². The van der Waals surface area contributed by atoms with Gasteiger partial charge in [-0.3, -0.25) is 4.57 Å². The minimum atomic E-state index is -3.26. The number of aromatic nitrogens is 3. The lowest BCUT2D eigenvalue weighted by Crippen LogP contribution is -2.32. The van der Waals surface area contributed by atoms with Crippen molar-refractivity contribution < 1.29 is 8.42 Å². The summed E-state index contributed by atoms with van der Waals surface area (Å²) in [5, 5.41) is 4.42. The largest absolute Gasteiger partial charge is 0.346 e. The summed E-state index contributed by atoms with van der Waals surface area (Å²) in [7, 11) is -3.26. The van der Waals surface area contributed by atoms with Crippen molar-refractivity contribution >= 4 is 10.0 Å². The molecule has 1 aromatic heterocycles. The third-order valence-electron chi connectivity index (χ3n) is 3.84. The number of nitrogens with one attached hydrogen (secondary N) is 1. The highest BCUT2D eigenvalue weighted by Crippen LogP contribution is 2.36. The summed E-state index contributed by atoms with van der Waals surface area (Å²) in [6.07, 6.45) is 1.96. The fourth-order valence-corrected chi connectivity index (χ4v) is 3.03. The number of hydrogen-bond donors (Lipinski definition) is 1. The molecule has 7 nitrogen and oxygen atoms in total. The van der Waals surface area contributed by atoms with Crippen molar-refractivity contribution in [3.05, 3.63) is 40.8 Å². The minimum absolute atomic E-state index is 0.0215. The Morgan fingerprint density at radius 1 is 1.26 bits per heavy atom. The molecule has 1 fully saturated rings. The first-order valence-corrected chi connectivity index (χ1v) is 9.39. The van der Waals surface area contributed by atoms with Gasteiger partial charge in [0.05, 0.1) is 12.3 Å². The van der Waals surface area contributed by atoms with E-state index >= 15 is 0 Å². The molecule has 8 heteroatoms. The van der Waals surface area contributed by atoms with Crippen LogP contribution in [0.5, 0.6) is 0 Å². The molecule has 3 rings (SSSR count). The Labute approximate surface area is 135 Å². The average Bonchev–Trinajstić information content (AvgIpc) is 3.33. The van der Waals surface area contributed by atoms with E-state index in [9.17, 15) is 13.2 Å². The Balaban J connectivity index is 1.86. The first-order valence-electron chi connectivity index (χ1n) is 7.74. The van der Waals surface area contributed by atoms with Crippen molar-refractivity contribution in [2.75, 3.05) is 12.3 Å². The van der Waals surface area contributed by atoms with Crippen LogP contribution in [0.25, 0.3) is 11.4 Å². The lowest BCUT2D eigenvalue weighted by atomic mass is 10.2. The number of nitrogens with zero attached hydrogens (tertiary/aromatic N) is 3. The number of hydrogen-bond acceptors (Lipinski definition) is 4. The molecule has 1 saturated carbocycles. The predicted molar refractivity (Wildman–Crippen MR) is 87.7 cm³/mol. The topological polar surface area (TPSA) is 86.0 Å². The van der Waals surface area contributed by atoms with Gasteiger partial charge in [0.2, 0.25) is 10.0 Å². The third kappa shape index (κ3) is 3.53. The average molecular weight is 336 g/mol. The molecule has 1 aromatic carbocycles. The van der Waals surface area contributed by atoms with Crippen LogP contribution in [0.1, 0.15) is 25.8 Å². The van der Waals surface area contributed by atoms with Gasteiger partial charge in [-0.05, 0) is 19.8 Å². The van der Waals surface area contributed by atoms with Crippen molar-refractivity contribution in [3.8, 4) is 11.4 Å². The monoisotopic (exact) mass is 336 g/mol. The maximum Gasteiger partial charge on any atom is 0.346 e. The van der Waals surface area contributed by atoms with E-state index in [2.05, 4.69) is 9.82 Å². The molecule has 124 valence electrons. The van der Waals surface area contributed by atoms with E-state index in [1.165, 1.54) is 4.68 Å². The summed E-state index contributed by atoms with van der Waals surface area (Å²) in [5.41, 5.74) is 0.714. The summed E-state index contributed by atoms with van der Waals surface area (Å²) < 4.78 is 28.5. The fraction of sp³-hybridized carbons (Fsp3) is 0.467. The zero-order valence-corrected chi connectivity index (χ0v) is 13.8. The zero-order chi connectivity index (χ0) is 16.4. The molecule has 0 radical (unpaired) electrons. The van der Waals surface area contributed by atoms with Gasteiger partial charge in [0, 0.05) is 18.2 Å². The Morgan fingerprint density at radius 3 is 2.57 bits per heavy atom. The van der Waals surface area contributed by atoms with Gasteiger partial charge >= 0.3 is 5.69 Å². The molecule has 0 amide bonds. The predicted octanol–water partition coefficient (Wildman–Crippen LogP) is 0.986. The normalized spacial score (nSPS) is 15.0. The van der Waals surface area contributed by atoms with Crippen LogP contribution in [0.15, 0.2) is 35.1 Å². The summed E-state index contributed by atoms with van der Waals surface area (Å²) in [5.74, 6) is 0.671. The van der Waals surface area contributed by atoms with Gasteiger partial charge in [-0.25, -0.2) is 22.6 Å². The van der Waals surface area contributed by atoms with Gasteiger partial charge in [-0.1, -0.05) is 30.3 Å². The standard InChI is InChI=1S/C15H20N4O3S/c1-2-23(21,22)16-10-11-18-15(20)19(13-8-9-13)14(17-18)12-6-4-3-5-7-12/h3-7,13,16H,2,8-11H2,1H3. The van der Waals surface area contributed by atoms with E-state index in [0.717, 1.165) is 18.4 Å². The molecule has 1 aliphatic rings. The summed E-state index contributed by atoms with van der Waals surface area (Å²) in [6.45, 7) is 1.95. The molecule has 1 heterocycles. The van der Waals surface area contributed by atoms with Gasteiger partial charge in [-0.15, -0.1) is 5.10 Å². The Bertz CT molecular complexity index is 835. The summed E-state index contributed by atoms with van der Waals surface area (Å²) in [4.78, 5) is 12.6. The van der Waals surface area contributed by atoms with Crippen LogP contribution in [0, 0.1) is 0 Å². The van der Waals surface area contributed by atoms with Crippen molar-refractivity contribution in [1.82, 2.24) is 19.1 Å². The molecule has 0 saturated heterocycles. The molecular formula is C15H20N4O3S. The maximum absolute atomic E-state index is 12.6. The lowest BCUT2D eigenvalue weighted by molar-refractivity contribution is 0.547. The first-order chi connectivity index (χ1) is 11.0. The fourth-order valence-electron chi connectivity index (χ4n) is 2.42. The lowest BCUT2D eigenvalue weighted by Gasteiger charge is -2.03. The van der Waals surface area contributed by atoms with Gasteiger partial charge in [-0.2, -0.15) is 0 Å². The van der Waals surface area contributed by atoms with Gasteiger partial charge < -0.3 is 0 Å². The van der Waals surface area contributed by atoms with Crippen molar-refractivity contribution in [1.29, 1.82) is 0 Å². The summed E-state index contributed by atoms with van der Waals surface area (Å²) >= 11 is 0. The molecule has 0 unspecified atom stereocenters. The number of sulfonamides is 1. The minimum Gasteiger partial charge on any atom is -0.272 e. The van der Waals surface area contributed by atoms with Crippen molar-refractivity contribution in [3.63, 3.8) is 0 Å². The number of rotatable bonds is 7. The molecular weight excluding hydrogens is 316 g/mol. The van der Waals surface area contributed by atoms with Gasteiger partial charge in [0.15, 0.2) is 5.82 Å². The SMILES string of the molecule is CCS(=O)(=O)NCCn1nc(-c2ccccc2)n(C2CC2)c1=O. The van der Waals surface area contributed by atoms with E-state index < -0.39 is 10.0 Å². The highest BCUT2D eigenvalue weighted by Gasteiger charge is 2.30. The van der Waals surface area contributed by atoms with Crippen LogP contribution in [0.4, 0.5) is 0 Å². The molecule has 1 aliphatic carbocycles. The molecule has 0 aliphatic heterocycles. The van der Waals surface area contributed by atoms with Crippen LogP contribution < -0.4 is 10.4 Å². The van der Waals surface area contributed by atoms with Crippen LogP contribution >= 0.6 is 0 Å². The quantitative estimate of drug-likeness (QED) is 0.817. The second-order valence-corrected chi connectivity index (χ2v) is 7.69. The highest BCUT2D eigenvalue weighted by molar-refractivity contribution is 7.89. The first kappa shape index (κ1) is 15.9. The van der Waals surface area contributed by atoms with E-state index in [4.69, 9.17) is 0 Å². The van der Waals surface area contributed by atoms with E-state index in [0.29, 0.717) is 5.82 Å². The van der Waals surface area contributed by atoms with Crippen LogP contribution in [0.2, 0.25) is 0 Å². The third-order valence-corrected chi connectivity index (χ3v) is 5.24. The Hall–Kier alpha value is -1.93. The van der Waals surface area contributed by atoms with E-state index in [1.807, 2.05) is 30.3 Å². The highest BCUT2D eigenvalue weighted by atomic mass is 32.2. The molecule has 1 N–H and O–H groups in total. The molecule has 2 aromatic rings.